The number of hydrogen-bond donors (Lipinski definition) is 2. The van der Waals surface area contributed by atoms with Crippen LogP contribution in [-0.4, -0.2) is 36.3 Å². The maximum atomic E-state index is 12.2. The van der Waals surface area contributed by atoms with Crippen LogP contribution in [0.4, 0.5) is 0 Å². The third kappa shape index (κ3) is 5.06. The van der Waals surface area contributed by atoms with E-state index in [1.54, 1.807) is 0 Å². The molecule has 2 atom stereocenters. The van der Waals surface area contributed by atoms with Crippen molar-refractivity contribution in [2.24, 2.45) is 11.7 Å². The van der Waals surface area contributed by atoms with Crippen molar-refractivity contribution >= 4 is 11.8 Å². The van der Waals surface area contributed by atoms with Gasteiger partial charge in [-0.25, -0.2) is 0 Å². The molecule has 0 bridgehead atoms. The van der Waals surface area contributed by atoms with Crippen LogP contribution in [-0.2, 0) is 16.0 Å². The molecule has 0 unspecified atom stereocenters. The number of carbonyl (C=O) groups excluding carboxylic acids is 2. The number of nitrogens with zero attached hydrogens (tertiary/aromatic N) is 1. The first-order valence-corrected chi connectivity index (χ1v) is 8.39. The Bertz CT molecular complexity index is 542. The topological polar surface area (TPSA) is 75.4 Å². The van der Waals surface area contributed by atoms with E-state index < -0.39 is 0 Å². The Morgan fingerprint density at radius 2 is 2.04 bits per heavy atom. The van der Waals surface area contributed by atoms with Crippen LogP contribution in [0.5, 0.6) is 0 Å². The summed E-state index contributed by atoms with van der Waals surface area (Å²) in [4.78, 5) is 25.5. The Hall–Kier alpha value is -1.88. The summed E-state index contributed by atoms with van der Waals surface area (Å²) >= 11 is 0. The van der Waals surface area contributed by atoms with Crippen molar-refractivity contribution in [1.82, 2.24) is 10.2 Å². The van der Waals surface area contributed by atoms with Gasteiger partial charge in [-0.3, -0.25) is 14.5 Å². The number of nitrogens with one attached hydrogen (secondary N) is 1. The molecule has 1 aromatic carbocycles. The molecule has 0 saturated carbocycles. The molecule has 5 heteroatoms. The lowest BCUT2D eigenvalue weighted by molar-refractivity contribution is -0.127. The van der Waals surface area contributed by atoms with Gasteiger partial charge in [0.25, 0.3) is 0 Å². The number of benzene rings is 1. The fraction of sp³-hybridized carbons (Fsp3) is 0.556. The number of piperidine rings is 1. The summed E-state index contributed by atoms with van der Waals surface area (Å²) in [5.41, 5.74) is 7.77. The van der Waals surface area contributed by atoms with Crippen molar-refractivity contribution in [3.63, 3.8) is 0 Å². The van der Waals surface area contributed by atoms with Crippen LogP contribution in [0, 0.1) is 5.92 Å². The summed E-state index contributed by atoms with van der Waals surface area (Å²) in [6.07, 6.45) is 2.75. The average Bonchev–Trinajstić information content (AvgIpc) is 2.55. The van der Waals surface area contributed by atoms with Gasteiger partial charge in [-0.1, -0.05) is 31.2 Å². The monoisotopic (exact) mass is 317 g/mol. The molecule has 1 fully saturated rings. The third-order valence-electron chi connectivity index (χ3n) is 4.54. The number of rotatable bonds is 6. The summed E-state index contributed by atoms with van der Waals surface area (Å²) in [7, 11) is 0. The van der Waals surface area contributed by atoms with Gasteiger partial charge in [0.1, 0.15) is 0 Å². The normalized spacial score (nSPS) is 20.0. The van der Waals surface area contributed by atoms with Gasteiger partial charge in [-0.05, 0) is 43.9 Å². The lowest BCUT2D eigenvalue weighted by Crippen LogP contribution is -2.45. The number of primary amides is 1. The second-order valence-corrected chi connectivity index (χ2v) is 6.36. The van der Waals surface area contributed by atoms with Gasteiger partial charge in [0.2, 0.25) is 11.8 Å². The lowest BCUT2D eigenvalue weighted by atomic mass is 9.97. The van der Waals surface area contributed by atoms with E-state index in [2.05, 4.69) is 36.5 Å². The van der Waals surface area contributed by atoms with Crippen LogP contribution in [0.3, 0.4) is 0 Å². The van der Waals surface area contributed by atoms with Crippen LogP contribution in [0.15, 0.2) is 24.3 Å². The molecule has 5 nitrogen and oxygen atoms in total. The molecule has 1 heterocycles. The molecule has 0 aromatic heterocycles. The van der Waals surface area contributed by atoms with E-state index in [1.807, 2.05) is 11.8 Å². The zero-order chi connectivity index (χ0) is 16.8. The first kappa shape index (κ1) is 17.5. The molecular formula is C18H27N3O2. The molecule has 1 saturated heterocycles. The second kappa shape index (κ2) is 8.11. The summed E-state index contributed by atoms with van der Waals surface area (Å²) < 4.78 is 0. The Labute approximate surface area is 138 Å². The quantitative estimate of drug-likeness (QED) is 0.837. The van der Waals surface area contributed by atoms with Crippen LogP contribution in [0.1, 0.15) is 43.9 Å². The largest absolute Gasteiger partial charge is 0.369 e. The Balaban J connectivity index is 1.84. The fourth-order valence-corrected chi connectivity index (χ4v) is 3.05. The molecule has 0 aliphatic carbocycles. The highest BCUT2D eigenvalue weighted by Gasteiger charge is 2.25. The molecule has 0 radical (unpaired) electrons. The third-order valence-corrected chi connectivity index (χ3v) is 4.54. The van der Waals surface area contributed by atoms with E-state index in [9.17, 15) is 9.59 Å². The van der Waals surface area contributed by atoms with Crippen molar-refractivity contribution in [3.8, 4) is 0 Å². The van der Waals surface area contributed by atoms with Crippen molar-refractivity contribution in [1.29, 1.82) is 0 Å². The van der Waals surface area contributed by atoms with Gasteiger partial charge >= 0.3 is 0 Å². The van der Waals surface area contributed by atoms with Gasteiger partial charge in [0, 0.05) is 6.54 Å². The van der Waals surface area contributed by atoms with Gasteiger partial charge < -0.3 is 11.1 Å². The molecule has 2 amide bonds. The Morgan fingerprint density at radius 3 is 2.65 bits per heavy atom. The zero-order valence-electron chi connectivity index (χ0n) is 14.0. The van der Waals surface area contributed by atoms with Crippen LogP contribution in [0.25, 0.3) is 0 Å². The molecule has 1 aromatic rings. The van der Waals surface area contributed by atoms with Crippen molar-refractivity contribution < 1.29 is 9.59 Å². The lowest BCUT2D eigenvalue weighted by Gasteiger charge is -2.30. The number of nitrogens with two attached hydrogens (primary N) is 1. The van der Waals surface area contributed by atoms with Gasteiger partial charge in [0.05, 0.1) is 18.5 Å². The maximum Gasteiger partial charge on any atom is 0.234 e. The van der Waals surface area contributed by atoms with Crippen LogP contribution in [0.2, 0.25) is 0 Å². The van der Waals surface area contributed by atoms with Gasteiger partial charge in [-0.15, -0.1) is 0 Å². The smallest absolute Gasteiger partial charge is 0.234 e. The van der Waals surface area contributed by atoms with Crippen LogP contribution >= 0.6 is 0 Å². The predicted molar refractivity (Wildman–Crippen MR) is 90.7 cm³/mol. The standard InChI is InChI=1S/C18H27N3O2/c1-3-14-6-8-15(9-7-14)13(2)20-17(22)12-21-10-4-5-16(11-21)18(19)23/h6-9,13,16H,3-5,10-12H2,1-2H3,(H2,19,23)(H,20,22)/t13-,16+/m1/s1. The van der Waals surface area contributed by atoms with Gasteiger partial charge in [0.15, 0.2) is 0 Å². The average molecular weight is 317 g/mol. The molecule has 1 aliphatic rings. The highest BCUT2D eigenvalue weighted by molar-refractivity contribution is 5.79. The second-order valence-electron chi connectivity index (χ2n) is 6.36. The summed E-state index contributed by atoms with van der Waals surface area (Å²) in [5.74, 6) is -0.405. The number of carbonyl (C=O) groups is 2. The van der Waals surface area contributed by atoms with Crippen LogP contribution < -0.4 is 11.1 Å². The first-order chi connectivity index (χ1) is 11.0. The van der Waals surface area contributed by atoms with E-state index in [4.69, 9.17) is 5.73 Å². The minimum absolute atomic E-state index is 0.0119. The van der Waals surface area contributed by atoms with Crippen molar-refractivity contribution in [3.05, 3.63) is 35.4 Å². The minimum atomic E-state index is -0.264. The first-order valence-electron chi connectivity index (χ1n) is 8.39. The fourth-order valence-electron chi connectivity index (χ4n) is 3.05. The number of aryl methyl sites for hydroxylation is 1. The van der Waals surface area contributed by atoms with E-state index >= 15 is 0 Å². The highest BCUT2D eigenvalue weighted by atomic mass is 16.2. The highest BCUT2D eigenvalue weighted by Crippen LogP contribution is 2.16. The van der Waals surface area contributed by atoms with E-state index in [0.29, 0.717) is 13.1 Å². The molecule has 126 valence electrons. The SMILES string of the molecule is CCc1ccc([C@@H](C)NC(=O)CN2CCC[C@H](C(N)=O)C2)cc1. The predicted octanol–water partition coefficient (Wildman–Crippen LogP) is 1.62. The van der Waals surface area contributed by atoms with Gasteiger partial charge in [-0.2, -0.15) is 0 Å². The number of amides is 2. The molecule has 0 spiro atoms. The molecule has 23 heavy (non-hydrogen) atoms. The summed E-state index contributed by atoms with van der Waals surface area (Å²) in [5, 5.41) is 3.03. The van der Waals surface area contributed by atoms with E-state index in [-0.39, 0.29) is 23.8 Å². The Morgan fingerprint density at radius 1 is 1.35 bits per heavy atom. The molecular weight excluding hydrogens is 290 g/mol. The zero-order valence-corrected chi connectivity index (χ0v) is 14.0. The summed E-state index contributed by atoms with van der Waals surface area (Å²) in [6.45, 7) is 5.86. The Kier molecular flexibility index (Phi) is 6.16. The van der Waals surface area contributed by atoms with Crippen molar-refractivity contribution in [2.75, 3.05) is 19.6 Å². The summed E-state index contributed by atoms with van der Waals surface area (Å²) in [6, 6.07) is 8.30. The maximum absolute atomic E-state index is 12.2. The molecule has 3 N–H and O–H groups in total. The van der Waals surface area contributed by atoms with E-state index in [0.717, 1.165) is 31.4 Å². The number of hydrogen-bond acceptors (Lipinski definition) is 3. The van der Waals surface area contributed by atoms with E-state index in [1.165, 1.54) is 5.56 Å². The molecule has 1 aliphatic heterocycles. The molecule has 2 rings (SSSR count). The van der Waals surface area contributed by atoms with Crippen molar-refractivity contribution in [2.45, 2.75) is 39.2 Å². The minimum Gasteiger partial charge on any atom is -0.369 e. The number of likely N-dealkylation sites (tertiary alicyclic amines) is 1.